The Morgan fingerprint density at radius 3 is 2.20 bits per heavy atom. The van der Waals surface area contributed by atoms with Crippen molar-refractivity contribution in [2.75, 3.05) is 24.8 Å². The third-order valence-electron chi connectivity index (χ3n) is 2.61. The molecule has 1 unspecified atom stereocenters. The number of nitrogens with two attached hydrogens (primary N) is 1. The molecule has 0 aliphatic rings. The van der Waals surface area contributed by atoms with Crippen molar-refractivity contribution >= 4 is 37.2 Å². The Labute approximate surface area is 128 Å². The molecule has 0 saturated heterocycles. The lowest BCUT2D eigenvalue weighted by Crippen LogP contribution is -2.29. The van der Waals surface area contributed by atoms with E-state index in [4.69, 9.17) is 33.2 Å². The van der Waals surface area contributed by atoms with Gasteiger partial charge in [-0.1, -0.05) is 24.3 Å². The molecule has 5 nitrogen and oxygen atoms in total. The van der Waals surface area contributed by atoms with Crippen LogP contribution in [-0.2, 0) is 15.7 Å². The van der Waals surface area contributed by atoms with E-state index in [-0.39, 0.29) is 18.4 Å². The number of aldehydes is 1. The van der Waals surface area contributed by atoms with Crippen molar-refractivity contribution in [3.05, 3.63) is 35.4 Å². The van der Waals surface area contributed by atoms with Gasteiger partial charge in [0.2, 0.25) is 0 Å². The average Bonchev–Trinajstić information content (AvgIpc) is 2.45. The van der Waals surface area contributed by atoms with E-state index in [1.165, 1.54) is 4.67 Å². The molecule has 20 heavy (non-hydrogen) atoms. The van der Waals surface area contributed by atoms with E-state index in [1.807, 2.05) is 0 Å². The van der Waals surface area contributed by atoms with Gasteiger partial charge < -0.3 is 4.52 Å². The largest absolute Gasteiger partial charge is 0.341 e. The Morgan fingerprint density at radius 1 is 1.20 bits per heavy atom. The average molecular weight is 339 g/mol. The fourth-order valence-electron chi connectivity index (χ4n) is 1.53. The Kier molecular flexibility index (Phi) is 7.74. The zero-order valence-electron chi connectivity index (χ0n) is 10.9. The number of rotatable bonds is 9. The Balaban J connectivity index is 2.64. The van der Waals surface area contributed by atoms with Gasteiger partial charge >= 0.3 is 7.67 Å². The Bertz CT molecular complexity index is 464. The predicted octanol–water partition coefficient (Wildman–Crippen LogP) is 2.86. The first-order valence-corrected chi connectivity index (χ1v) is 8.69. The number of carbonyl (C=O) groups excluding carboxylic acids is 1. The summed E-state index contributed by atoms with van der Waals surface area (Å²) in [6.45, 7) is 0.770. The normalized spacial score (nSPS) is 14.2. The van der Waals surface area contributed by atoms with Gasteiger partial charge in [-0.25, -0.2) is 10.2 Å². The lowest BCUT2D eigenvalue weighted by molar-refractivity contribution is 0.112. The second kappa shape index (κ2) is 8.78. The molecular formula is C12H17Cl2N2O3P. The van der Waals surface area contributed by atoms with Crippen LogP contribution in [0.3, 0.4) is 0 Å². The van der Waals surface area contributed by atoms with Crippen molar-refractivity contribution in [2.45, 2.75) is 6.61 Å². The quantitative estimate of drug-likeness (QED) is 0.425. The molecule has 1 aromatic carbocycles. The summed E-state index contributed by atoms with van der Waals surface area (Å²) in [5, 5.41) is 0. The molecule has 0 aliphatic carbocycles. The van der Waals surface area contributed by atoms with Crippen LogP contribution in [0.2, 0.25) is 0 Å². The van der Waals surface area contributed by atoms with Crippen LogP contribution >= 0.6 is 30.9 Å². The molecule has 0 saturated carbocycles. The second-order valence-electron chi connectivity index (χ2n) is 4.03. The van der Waals surface area contributed by atoms with Crippen molar-refractivity contribution in [1.82, 2.24) is 4.67 Å². The van der Waals surface area contributed by atoms with Gasteiger partial charge in [-0.3, -0.25) is 9.36 Å². The predicted molar refractivity (Wildman–Crippen MR) is 81.4 cm³/mol. The van der Waals surface area contributed by atoms with Gasteiger partial charge in [-0.05, 0) is 5.56 Å². The van der Waals surface area contributed by atoms with Gasteiger partial charge in [0.15, 0.2) is 0 Å². The zero-order valence-corrected chi connectivity index (χ0v) is 13.3. The first kappa shape index (κ1) is 17.6. The van der Waals surface area contributed by atoms with Crippen molar-refractivity contribution in [2.24, 2.45) is 5.50 Å². The lowest BCUT2D eigenvalue weighted by Gasteiger charge is -2.26. The van der Waals surface area contributed by atoms with E-state index in [0.29, 0.717) is 18.7 Å². The first-order valence-electron chi connectivity index (χ1n) is 5.98. The molecule has 1 aromatic rings. The van der Waals surface area contributed by atoms with E-state index >= 15 is 0 Å². The van der Waals surface area contributed by atoms with Gasteiger partial charge in [-0.15, -0.1) is 23.2 Å². The molecule has 2 N–H and O–H groups in total. The molecule has 1 rings (SSSR count). The maximum absolute atomic E-state index is 12.3. The molecule has 0 aromatic heterocycles. The van der Waals surface area contributed by atoms with E-state index in [2.05, 4.69) is 0 Å². The summed E-state index contributed by atoms with van der Waals surface area (Å²) in [5.41, 5.74) is 7.06. The van der Waals surface area contributed by atoms with Crippen LogP contribution in [-0.4, -0.2) is 35.8 Å². The smallest absolute Gasteiger partial charge is 0.301 e. The highest BCUT2D eigenvalue weighted by molar-refractivity contribution is 7.53. The fraction of sp³-hybridized carbons (Fsp3) is 0.417. The number of carbonyl (C=O) groups is 1. The Hall–Kier alpha value is -0.420. The van der Waals surface area contributed by atoms with Gasteiger partial charge in [0, 0.05) is 30.4 Å². The van der Waals surface area contributed by atoms with Crippen LogP contribution in [0.1, 0.15) is 15.9 Å². The lowest BCUT2D eigenvalue weighted by atomic mass is 10.2. The third kappa shape index (κ3) is 5.52. The Morgan fingerprint density at radius 2 is 1.75 bits per heavy atom. The molecule has 1 atom stereocenters. The first-order chi connectivity index (χ1) is 9.53. The summed E-state index contributed by atoms with van der Waals surface area (Å²) in [5.74, 6) is 0.574. The SMILES string of the molecule is NP(=O)(OCc1ccc(C=O)cc1)N(CCCl)CCCl. The van der Waals surface area contributed by atoms with Crippen molar-refractivity contribution < 1.29 is 13.9 Å². The fourth-order valence-corrected chi connectivity index (χ4v) is 3.43. The molecule has 0 bridgehead atoms. The topological polar surface area (TPSA) is 72.6 Å². The van der Waals surface area contributed by atoms with Crippen LogP contribution in [0.15, 0.2) is 24.3 Å². The van der Waals surface area contributed by atoms with Crippen LogP contribution in [0.25, 0.3) is 0 Å². The van der Waals surface area contributed by atoms with E-state index in [9.17, 15) is 9.36 Å². The van der Waals surface area contributed by atoms with Gasteiger partial charge in [0.1, 0.15) is 6.29 Å². The van der Waals surface area contributed by atoms with Crippen LogP contribution in [0.4, 0.5) is 0 Å². The van der Waals surface area contributed by atoms with E-state index < -0.39 is 7.67 Å². The van der Waals surface area contributed by atoms with Gasteiger partial charge in [0.25, 0.3) is 0 Å². The molecule has 0 radical (unpaired) electrons. The summed E-state index contributed by atoms with van der Waals surface area (Å²) in [7, 11) is -3.43. The summed E-state index contributed by atoms with van der Waals surface area (Å²) < 4.78 is 19.1. The maximum Gasteiger partial charge on any atom is 0.341 e. The molecule has 0 aliphatic heterocycles. The van der Waals surface area contributed by atoms with Gasteiger partial charge in [0.05, 0.1) is 6.61 Å². The van der Waals surface area contributed by atoms with Crippen LogP contribution < -0.4 is 5.50 Å². The van der Waals surface area contributed by atoms with Crippen molar-refractivity contribution in [3.8, 4) is 0 Å². The number of benzene rings is 1. The van der Waals surface area contributed by atoms with E-state index in [0.717, 1.165) is 11.8 Å². The molecule has 0 heterocycles. The molecule has 0 fully saturated rings. The minimum Gasteiger partial charge on any atom is -0.301 e. The summed E-state index contributed by atoms with van der Waals surface area (Å²) in [6, 6.07) is 6.75. The number of nitrogens with zero attached hydrogens (tertiary/aromatic N) is 1. The number of hydrogen-bond acceptors (Lipinski definition) is 3. The number of alkyl halides is 2. The molecule has 0 spiro atoms. The minimum absolute atomic E-state index is 0.0913. The third-order valence-corrected chi connectivity index (χ3v) is 4.64. The summed E-state index contributed by atoms with van der Waals surface area (Å²) in [4.78, 5) is 10.5. The molecule has 112 valence electrons. The highest BCUT2D eigenvalue weighted by Gasteiger charge is 2.26. The number of halogens is 2. The monoisotopic (exact) mass is 338 g/mol. The van der Waals surface area contributed by atoms with E-state index in [1.54, 1.807) is 24.3 Å². The highest BCUT2D eigenvalue weighted by atomic mass is 35.5. The molecular weight excluding hydrogens is 322 g/mol. The summed E-state index contributed by atoms with van der Waals surface area (Å²) in [6.07, 6.45) is 0.751. The standard InChI is InChI=1S/C12H17Cl2N2O3P/c13-5-7-16(8-6-14)20(15,18)19-10-12-3-1-11(9-17)2-4-12/h1-4,9H,5-8,10H2,(H2,15,18). The van der Waals surface area contributed by atoms with Crippen LogP contribution in [0.5, 0.6) is 0 Å². The zero-order chi connectivity index (χ0) is 15.0. The maximum atomic E-state index is 12.3. The molecule has 8 heteroatoms. The van der Waals surface area contributed by atoms with Crippen molar-refractivity contribution in [1.29, 1.82) is 0 Å². The molecule has 0 amide bonds. The summed E-state index contributed by atoms with van der Waals surface area (Å²) >= 11 is 11.3. The highest BCUT2D eigenvalue weighted by Crippen LogP contribution is 2.43. The van der Waals surface area contributed by atoms with Gasteiger partial charge in [-0.2, -0.15) is 0 Å². The van der Waals surface area contributed by atoms with Crippen molar-refractivity contribution in [3.63, 3.8) is 0 Å². The minimum atomic E-state index is -3.43. The van der Waals surface area contributed by atoms with Crippen LogP contribution in [0, 0.1) is 0 Å². The number of hydrogen-bond donors (Lipinski definition) is 1. The second-order valence-corrected chi connectivity index (χ2v) is 6.74.